The van der Waals surface area contributed by atoms with E-state index < -0.39 is 11.7 Å². The van der Waals surface area contributed by atoms with Crippen LogP contribution in [0.15, 0.2) is 59.4 Å². The quantitative estimate of drug-likeness (QED) is 0.248. The summed E-state index contributed by atoms with van der Waals surface area (Å²) in [6.45, 7) is 1.61. The molecule has 8 nitrogen and oxygen atoms in total. The number of H-pyrrole nitrogens is 1. The minimum atomic E-state index is -0.477. The van der Waals surface area contributed by atoms with Gasteiger partial charge >= 0.3 is 0 Å². The van der Waals surface area contributed by atoms with Crippen LogP contribution in [0.3, 0.4) is 0 Å². The Kier molecular flexibility index (Phi) is 7.01. The van der Waals surface area contributed by atoms with Gasteiger partial charge in [0.25, 0.3) is 5.91 Å². The molecule has 29 heavy (non-hydrogen) atoms. The number of hydrogen-bond donors (Lipinski definition) is 4. The molecule has 0 spiro atoms. The summed E-state index contributed by atoms with van der Waals surface area (Å²) in [5, 5.41) is 5.80. The van der Waals surface area contributed by atoms with Crippen LogP contribution >= 0.6 is 0 Å². The first-order valence-corrected chi connectivity index (χ1v) is 9.11. The van der Waals surface area contributed by atoms with Gasteiger partial charge in [-0.25, -0.2) is 9.37 Å². The van der Waals surface area contributed by atoms with Crippen molar-refractivity contribution in [2.75, 3.05) is 13.1 Å². The number of aromatic amines is 1. The largest absolute Gasteiger partial charge is 0.404 e. The van der Waals surface area contributed by atoms with Crippen molar-refractivity contribution in [3.05, 3.63) is 71.7 Å². The molecule has 9 heteroatoms. The monoisotopic (exact) mass is 395 g/mol. The molecule has 0 aliphatic rings. The van der Waals surface area contributed by atoms with Gasteiger partial charge in [0.15, 0.2) is 0 Å². The van der Waals surface area contributed by atoms with Crippen molar-refractivity contribution >= 4 is 23.2 Å². The van der Waals surface area contributed by atoms with Gasteiger partial charge in [-0.2, -0.15) is 0 Å². The zero-order valence-electron chi connectivity index (χ0n) is 15.7. The maximum absolute atomic E-state index is 13.5. The number of para-hydroxylation sites is 2. The van der Waals surface area contributed by atoms with E-state index in [0.717, 1.165) is 23.1 Å². The lowest BCUT2D eigenvalue weighted by Crippen LogP contribution is -2.27. The number of rotatable bonds is 9. The number of aromatic nitrogens is 3. The SMILES string of the molecule is NC=C(C=NCCNCc1nc2ccccc2[nH]1)C(=O)NCc1ncccc1F. The number of pyridine rings is 1. The van der Waals surface area contributed by atoms with E-state index in [2.05, 4.69) is 30.6 Å². The van der Waals surface area contributed by atoms with E-state index in [1.165, 1.54) is 24.5 Å². The molecule has 150 valence electrons. The van der Waals surface area contributed by atoms with Gasteiger partial charge in [0.05, 0.1) is 41.9 Å². The second kappa shape index (κ2) is 10.1. The van der Waals surface area contributed by atoms with Crippen molar-refractivity contribution in [2.24, 2.45) is 10.7 Å². The molecule has 1 amide bonds. The number of nitrogens with zero attached hydrogens (tertiary/aromatic N) is 3. The Morgan fingerprint density at radius 2 is 2.10 bits per heavy atom. The minimum Gasteiger partial charge on any atom is -0.404 e. The fraction of sp³-hybridized carbons (Fsp3) is 0.200. The fourth-order valence-corrected chi connectivity index (χ4v) is 2.59. The van der Waals surface area contributed by atoms with E-state index in [1.807, 2.05) is 24.3 Å². The normalized spacial score (nSPS) is 12.0. The summed E-state index contributed by atoms with van der Waals surface area (Å²) in [6, 6.07) is 10.6. The first-order chi connectivity index (χ1) is 14.2. The number of hydrogen-bond acceptors (Lipinski definition) is 6. The third-order valence-electron chi connectivity index (χ3n) is 4.07. The van der Waals surface area contributed by atoms with Gasteiger partial charge in [0.1, 0.15) is 11.6 Å². The molecule has 5 N–H and O–H groups in total. The summed E-state index contributed by atoms with van der Waals surface area (Å²) >= 11 is 0. The average molecular weight is 395 g/mol. The summed E-state index contributed by atoms with van der Waals surface area (Å²) in [7, 11) is 0. The number of amides is 1. The standard InChI is InChI=1S/C20H22FN7O/c21-15-4-3-7-25-18(15)12-26-20(29)14(10-22)11-23-8-9-24-13-19-27-16-5-1-2-6-17(16)28-19/h1-7,10-11,24H,8-9,12-13,22H2,(H,26,29)(H,27,28). The lowest BCUT2D eigenvalue weighted by atomic mass is 10.2. The maximum atomic E-state index is 13.5. The molecular weight excluding hydrogens is 373 g/mol. The zero-order chi connectivity index (χ0) is 20.5. The number of nitrogens with one attached hydrogen (secondary N) is 3. The number of carbonyl (C=O) groups excluding carboxylic acids is 1. The maximum Gasteiger partial charge on any atom is 0.254 e. The number of fused-ring (bicyclic) bond motifs is 1. The Morgan fingerprint density at radius 3 is 2.90 bits per heavy atom. The average Bonchev–Trinajstić information content (AvgIpc) is 3.15. The predicted octanol–water partition coefficient (Wildman–Crippen LogP) is 1.42. The Labute approximate surface area is 167 Å². The number of aliphatic imine (C=N–C) groups is 1. The van der Waals surface area contributed by atoms with E-state index in [-0.39, 0.29) is 17.8 Å². The van der Waals surface area contributed by atoms with E-state index in [4.69, 9.17) is 5.73 Å². The van der Waals surface area contributed by atoms with Crippen LogP contribution in [0.1, 0.15) is 11.5 Å². The van der Waals surface area contributed by atoms with E-state index in [1.54, 1.807) is 0 Å². The third kappa shape index (κ3) is 5.69. The molecule has 0 fully saturated rings. The summed E-state index contributed by atoms with van der Waals surface area (Å²) in [6.07, 6.45) is 4.02. The number of halogens is 1. The summed E-state index contributed by atoms with van der Waals surface area (Å²) in [5.41, 5.74) is 7.77. The predicted molar refractivity (Wildman–Crippen MR) is 109 cm³/mol. The van der Waals surface area contributed by atoms with E-state index in [0.29, 0.717) is 19.6 Å². The Morgan fingerprint density at radius 1 is 1.24 bits per heavy atom. The molecule has 0 aliphatic carbocycles. The topological polar surface area (TPSA) is 121 Å². The smallest absolute Gasteiger partial charge is 0.254 e. The van der Waals surface area contributed by atoms with Crippen molar-refractivity contribution in [1.29, 1.82) is 0 Å². The van der Waals surface area contributed by atoms with Gasteiger partial charge in [-0.3, -0.25) is 14.8 Å². The van der Waals surface area contributed by atoms with E-state index in [9.17, 15) is 9.18 Å². The molecule has 0 saturated heterocycles. The molecule has 0 saturated carbocycles. The Balaban J connectivity index is 1.39. The van der Waals surface area contributed by atoms with Crippen LogP contribution in [-0.2, 0) is 17.9 Å². The Hall–Kier alpha value is -3.59. The first kappa shape index (κ1) is 20.2. The van der Waals surface area contributed by atoms with Crippen LogP contribution in [0.25, 0.3) is 11.0 Å². The highest BCUT2D eigenvalue weighted by molar-refractivity contribution is 6.11. The minimum absolute atomic E-state index is 0.0320. The molecule has 3 aromatic rings. The molecule has 0 aliphatic heterocycles. The summed E-state index contributed by atoms with van der Waals surface area (Å²) < 4.78 is 13.5. The number of nitrogens with two attached hydrogens (primary N) is 1. The zero-order valence-corrected chi connectivity index (χ0v) is 15.7. The lowest BCUT2D eigenvalue weighted by Gasteiger charge is -2.05. The first-order valence-electron chi connectivity index (χ1n) is 9.11. The molecule has 2 aromatic heterocycles. The van der Waals surface area contributed by atoms with Crippen LogP contribution < -0.4 is 16.4 Å². The highest BCUT2D eigenvalue weighted by Crippen LogP contribution is 2.09. The summed E-state index contributed by atoms with van der Waals surface area (Å²) in [5.74, 6) is -0.0781. The molecule has 2 heterocycles. The number of imidazole rings is 1. The fourth-order valence-electron chi connectivity index (χ4n) is 2.59. The second-order valence-corrected chi connectivity index (χ2v) is 6.15. The molecular formula is C20H22FN7O. The number of benzene rings is 1. The third-order valence-corrected chi connectivity index (χ3v) is 4.07. The highest BCUT2D eigenvalue weighted by atomic mass is 19.1. The van der Waals surface area contributed by atoms with Crippen molar-refractivity contribution in [2.45, 2.75) is 13.1 Å². The molecule has 3 rings (SSSR count). The van der Waals surface area contributed by atoms with Crippen LogP contribution in [0.2, 0.25) is 0 Å². The van der Waals surface area contributed by atoms with Crippen LogP contribution in [0, 0.1) is 5.82 Å². The van der Waals surface area contributed by atoms with E-state index >= 15 is 0 Å². The van der Waals surface area contributed by atoms with Crippen LogP contribution in [0.4, 0.5) is 4.39 Å². The van der Waals surface area contributed by atoms with Crippen molar-refractivity contribution in [3.63, 3.8) is 0 Å². The van der Waals surface area contributed by atoms with Crippen molar-refractivity contribution in [3.8, 4) is 0 Å². The van der Waals surface area contributed by atoms with Crippen molar-refractivity contribution in [1.82, 2.24) is 25.6 Å². The van der Waals surface area contributed by atoms with Gasteiger partial charge in [0.2, 0.25) is 0 Å². The van der Waals surface area contributed by atoms with Gasteiger partial charge < -0.3 is 21.4 Å². The van der Waals surface area contributed by atoms with Gasteiger partial charge in [-0.05, 0) is 24.3 Å². The van der Waals surface area contributed by atoms with Crippen LogP contribution in [0.5, 0.6) is 0 Å². The molecule has 1 aromatic carbocycles. The molecule has 0 radical (unpaired) electrons. The van der Waals surface area contributed by atoms with Gasteiger partial charge in [-0.1, -0.05) is 12.1 Å². The Bertz CT molecular complexity index is 995. The van der Waals surface area contributed by atoms with Gasteiger partial charge in [0, 0.05) is 25.2 Å². The second-order valence-electron chi connectivity index (χ2n) is 6.15. The van der Waals surface area contributed by atoms with Gasteiger partial charge in [-0.15, -0.1) is 0 Å². The van der Waals surface area contributed by atoms with Crippen molar-refractivity contribution < 1.29 is 9.18 Å². The molecule has 0 bridgehead atoms. The highest BCUT2D eigenvalue weighted by Gasteiger charge is 2.09. The summed E-state index contributed by atoms with van der Waals surface area (Å²) in [4.78, 5) is 27.9. The number of carbonyl (C=O) groups is 1. The lowest BCUT2D eigenvalue weighted by molar-refractivity contribution is -0.117. The molecule has 0 unspecified atom stereocenters. The van der Waals surface area contributed by atoms with Crippen LogP contribution in [-0.4, -0.2) is 40.2 Å². The molecule has 0 atom stereocenters.